The number of hydrogen-bond donors (Lipinski definition) is 0. The van der Waals surface area contributed by atoms with E-state index >= 15 is 0 Å². The maximum Gasteiger partial charge on any atom is 0.0931 e. The number of aryl methyl sites for hydroxylation is 2. The van der Waals surface area contributed by atoms with E-state index in [0.717, 1.165) is 43.0 Å². The number of rotatable bonds is 7. The van der Waals surface area contributed by atoms with Crippen molar-refractivity contribution in [3.63, 3.8) is 0 Å². The molecule has 1 aromatic carbocycles. The fraction of sp³-hybridized carbons (Fsp3) is 0.500. The van der Waals surface area contributed by atoms with Crippen LogP contribution in [0, 0.1) is 0 Å². The van der Waals surface area contributed by atoms with Crippen LogP contribution < -0.4 is 0 Å². The quantitative estimate of drug-likeness (QED) is 0.764. The number of aromatic nitrogens is 1. The van der Waals surface area contributed by atoms with E-state index < -0.39 is 10.8 Å². The molecule has 3 rings (SSSR count). The van der Waals surface area contributed by atoms with Gasteiger partial charge in [0.25, 0.3) is 0 Å². The molecule has 5 heteroatoms. The summed E-state index contributed by atoms with van der Waals surface area (Å²) >= 11 is 1.68. The molecule has 2 heterocycles. The van der Waals surface area contributed by atoms with Crippen molar-refractivity contribution in [2.45, 2.75) is 44.0 Å². The standard InChI is InChI=1S/C18H23NO2S2/c20-23(14-17-8-4-5-11-21-17)13-16-12-22-18(19-16)10-9-15-6-2-1-3-7-15/h1-3,6-7,12,17H,4-5,8-11,13-14H2/t17-,23-/m0/s1. The number of ether oxygens (including phenoxy) is 1. The fourth-order valence-corrected chi connectivity index (χ4v) is 4.97. The second kappa shape index (κ2) is 8.71. The highest BCUT2D eigenvalue weighted by atomic mass is 32.2. The lowest BCUT2D eigenvalue weighted by atomic mass is 10.1. The molecule has 1 saturated heterocycles. The van der Waals surface area contributed by atoms with E-state index in [1.165, 1.54) is 12.0 Å². The zero-order valence-electron chi connectivity index (χ0n) is 13.3. The first-order valence-electron chi connectivity index (χ1n) is 8.23. The summed E-state index contributed by atoms with van der Waals surface area (Å²) in [6.45, 7) is 0.822. The van der Waals surface area contributed by atoms with E-state index in [2.05, 4.69) is 34.6 Å². The van der Waals surface area contributed by atoms with Gasteiger partial charge in [-0.05, 0) is 31.2 Å². The molecule has 0 unspecified atom stereocenters. The molecule has 23 heavy (non-hydrogen) atoms. The Morgan fingerprint density at radius 1 is 1.22 bits per heavy atom. The van der Waals surface area contributed by atoms with Crippen LogP contribution in [0.5, 0.6) is 0 Å². The molecule has 124 valence electrons. The van der Waals surface area contributed by atoms with Gasteiger partial charge in [-0.1, -0.05) is 30.3 Å². The van der Waals surface area contributed by atoms with E-state index in [4.69, 9.17) is 4.74 Å². The SMILES string of the molecule is O=[S@@](Cc1csc(CCc2ccccc2)n1)C[C@@H]1CCCCO1. The minimum Gasteiger partial charge on any atom is -0.377 e. The molecular formula is C18H23NO2S2. The molecule has 1 aliphatic rings. The Kier molecular flexibility index (Phi) is 6.37. The number of hydrogen-bond acceptors (Lipinski definition) is 4. The molecule has 0 N–H and O–H groups in total. The molecule has 1 aliphatic heterocycles. The third-order valence-electron chi connectivity index (χ3n) is 4.02. The first-order valence-corrected chi connectivity index (χ1v) is 10.6. The molecule has 0 amide bonds. The second-order valence-corrected chi connectivity index (χ2v) is 8.40. The Balaban J connectivity index is 1.45. The van der Waals surface area contributed by atoms with Crippen molar-refractivity contribution in [1.82, 2.24) is 4.98 Å². The topological polar surface area (TPSA) is 39.2 Å². The van der Waals surface area contributed by atoms with Crippen LogP contribution in [0.15, 0.2) is 35.7 Å². The summed E-state index contributed by atoms with van der Waals surface area (Å²) < 4.78 is 17.9. The van der Waals surface area contributed by atoms with Crippen molar-refractivity contribution in [3.05, 3.63) is 52.0 Å². The summed E-state index contributed by atoms with van der Waals surface area (Å²) in [4.78, 5) is 4.64. The van der Waals surface area contributed by atoms with Crippen molar-refractivity contribution in [3.8, 4) is 0 Å². The molecule has 0 saturated carbocycles. The molecule has 0 aliphatic carbocycles. The van der Waals surface area contributed by atoms with Gasteiger partial charge in [0.1, 0.15) is 0 Å². The Labute approximate surface area is 144 Å². The maximum atomic E-state index is 12.3. The highest BCUT2D eigenvalue weighted by Gasteiger charge is 2.17. The van der Waals surface area contributed by atoms with Crippen molar-refractivity contribution < 1.29 is 8.95 Å². The van der Waals surface area contributed by atoms with E-state index in [1.54, 1.807) is 11.3 Å². The monoisotopic (exact) mass is 349 g/mol. The summed E-state index contributed by atoms with van der Waals surface area (Å²) in [5.74, 6) is 1.21. The fourth-order valence-electron chi connectivity index (χ4n) is 2.80. The van der Waals surface area contributed by atoms with Crippen LogP contribution in [0.1, 0.15) is 35.5 Å². The van der Waals surface area contributed by atoms with Crippen LogP contribution in [0.2, 0.25) is 0 Å². The van der Waals surface area contributed by atoms with Crippen LogP contribution in [0.25, 0.3) is 0 Å². The second-order valence-electron chi connectivity index (χ2n) is 5.96. The molecule has 0 radical (unpaired) electrons. The van der Waals surface area contributed by atoms with Gasteiger partial charge in [-0.3, -0.25) is 4.21 Å². The lowest BCUT2D eigenvalue weighted by Gasteiger charge is -2.21. The van der Waals surface area contributed by atoms with Gasteiger partial charge < -0.3 is 4.74 Å². The van der Waals surface area contributed by atoms with Gasteiger partial charge in [0, 0.05) is 29.2 Å². The molecular weight excluding hydrogens is 326 g/mol. The van der Waals surface area contributed by atoms with Crippen molar-refractivity contribution in [2.75, 3.05) is 12.4 Å². The van der Waals surface area contributed by atoms with Crippen LogP contribution in [-0.4, -0.2) is 27.7 Å². The van der Waals surface area contributed by atoms with Gasteiger partial charge >= 0.3 is 0 Å². The highest BCUT2D eigenvalue weighted by Crippen LogP contribution is 2.17. The first kappa shape index (κ1) is 16.8. The van der Waals surface area contributed by atoms with Gasteiger partial charge in [0.05, 0.1) is 28.3 Å². The molecule has 0 bridgehead atoms. The van der Waals surface area contributed by atoms with Gasteiger partial charge in [0.2, 0.25) is 0 Å². The van der Waals surface area contributed by atoms with Crippen LogP contribution in [0.4, 0.5) is 0 Å². The third kappa shape index (κ3) is 5.52. The Morgan fingerprint density at radius 2 is 2.09 bits per heavy atom. The number of thiazole rings is 1. The normalized spacial score (nSPS) is 19.6. The predicted molar refractivity (Wildman–Crippen MR) is 96.3 cm³/mol. The van der Waals surface area contributed by atoms with E-state index in [0.29, 0.717) is 11.5 Å². The smallest absolute Gasteiger partial charge is 0.0931 e. The average molecular weight is 350 g/mol. The Hall–Kier alpha value is -1.04. The zero-order chi connectivity index (χ0) is 15.9. The maximum absolute atomic E-state index is 12.3. The van der Waals surface area contributed by atoms with Crippen molar-refractivity contribution >= 4 is 22.1 Å². The summed E-state index contributed by atoms with van der Waals surface area (Å²) in [6, 6.07) is 10.5. The van der Waals surface area contributed by atoms with Crippen molar-refractivity contribution in [2.24, 2.45) is 0 Å². The summed E-state index contributed by atoms with van der Waals surface area (Å²) in [6.07, 6.45) is 5.52. The molecule has 1 fully saturated rings. The number of benzene rings is 1. The van der Waals surface area contributed by atoms with Gasteiger partial charge in [-0.2, -0.15) is 0 Å². The largest absolute Gasteiger partial charge is 0.377 e. The molecule has 2 atom stereocenters. The molecule has 2 aromatic rings. The third-order valence-corrected chi connectivity index (χ3v) is 6.34. The van der Waals surface area contributed by atoms with Gasteiger partial charge in [-0.15, -0.1) is 11.3 Å². The Bertz CT molecular complexity index is 621. The zero-order valence-corrected chi connectivity index (χ0v) is 14.9. The first-order chi connectivity index (χ1) is 11.3. The molecule has 3 nitrogen and oxygen atoms in total. The minimum absolute atomic E-state index is 0.181. The molecule has 1 aromatic heterocycles. The van der Waals surface area contributed by atoms with Crippen LogP contribution >= 0.6 is 11.3 Å². The molecule has 0 spiro atoms. The lowest BCUT2D eigenvalue weighted by molar-refractivity contribution is 0.0310. The number of nitrogens with zero attached hydrogens (tertiary/aromatic N) is 1. The average Bonchev–Trinajstić information content (AvgIpc) is 3.02. The van der Waals surface area contributed by atoms with E-state index in [9.17, 15) is 4.21 Å². The van der Waals surface area contributed by atoms with Crippen LogP contribution in [0.3, 0.4) is 0 Å². The summed E-state index contributed by atoms with van der Waals surface area (Å²) in [5.41, 5.74) is 2.30. The summed E-state index contributed by atoms with van der Waals surface area (Å²) in [7, 11) is -0.876. The minimum atomic E-state index is -0.876. The van der Waals surface area contributed by atoms with Gasteiger partial charge in [0.15, 0.2) is 0 Å². The van der Waals surface area contributed by atoms with Crippen molar-refractivity contribution in [1.29, 1.82) is 0 Å². The summed E-state index contributed by atoms with van der Waals surface area (Å²) in [5, 5.41) is 3.19. The van der Waals surface area contributed by atoms with E-state index in [1.807, 2.05) is 6.07 Å². The highest BCUT2D eigenvalue weighted by molar-refractivity contribution is 7.84. The van der Waals surface area contributed by atoms with Gasteiger partial charge in [-0.25, -0.2) is 4.98 Å². The predicted octanol–water partition coefficient (Wildman–Crippen LogP) is 3.75. The van der Waals surface area contributed by atoms with E-state index in [-0.39, 0.29) is 6.10 Å². The Morgan fingerprint density at radius 3 is 2.87 bits per heavy atom. The van der Waals surface area contributed by atoms with Crippen LogP contribution in [-0.2, 0) is 34.1 Å². The lowest BCUT2D eigenvalue weighted by Crippen LogP contribution is -2.25.